The number of rotatable bonds is 7. The van der Waals surface area contributed by atoms with E-state index in [4.69, 9.17) is 9.47 Å². The summed E-state index contributed by atoms with van der Waals surface area (Å²) in [6, 6.07) is 11.6. The van der Waals surface area contributed by atoms with E-state index in [2.05, 4.69) is 5.32 Å². The van der Waals surface area contributed by atoms with Crippen LogP contribution in [0.25, 0.3) is 0 Å². The van der Waals surface area contributed by atoms with Crippen LogP contribution in [0, 0.1) is 5.82 Å². The van der Waals surface area contributed by atoms with Gasteiger partial charge in [0.25, 0.3) is 5.91 Å². The third-order valence-corrected chi connectivity index (χ3v) is 4.79. The van der Waals surface area contributed by atoms with Crippen LogP contribution in [-0.4, -0.2) is 43.1 Å². The Kier molecular flexibility index (Phi) is 6.82. The maximum absolute atomic E-state index is 13.1. The summed E-state index contributed by atoms with van der Waals surface area (Å²) in [5.74, 6) is 0.0312. The molecule has 1 aliphatic heterocycles. The van der Waals surface area contributed by atoms with Crippen LogP contribution in [-0.2, 0) is 27.3 Å². The normalized spacial score (nSPS) is 16.0. The number of hydrogen-bond acceptors (Lipinski definition) is 4. The minimum absolute atomic E-state index is 0.0340. The number of fused-ring (bicyclic) bond motifs is 1. The molecular formula is C22H25FN2O4. The van der Waals surface area contributed by atoms with Gasteiger partial charge in [0.1, 0.15) is 18.2 Å². The number of nitrogens with zero attached hydrogens (tertiary/aromatic N) is 1. The molecule has 2 aromatic carbocycles. The lowest BCUT2D eigenvalue weighted by molar-refractivity contribution is -0.138. The number of ether oxygens (including phenoxy) is 2. The van der Waals surface area contributed by atoms with E-state index in [1.165, 1.54) is 19.2 Å². The summed E-state index contributed by atoms with van der Waals surface area (Å²) in [7, 11) is 1.46. The van der Waals surface area contributed by atoms with Gasteiger partial charge in [0.2, 0.25) is 5.91 Å². The molecule has 1 heterocycles. The predicted molar refractivity (Wildman–Crippen MR) is 107 cm³/mol. The first kappa shape index (κ1) is 20.8. The first-order chi connectivity index (χ1) is 14.0. The topological polar surface area (TPSA) is 67.9 Å². The van der Waals surface area contributed by atoms with Crippen molar-refractivity contribution in [1.82, 2.24) is 4.90 Å². The summed E-state index contributed by atoms with van der Waals surface area (Å²) in [5.41, 5.74) is 2.40. The molecule has 1 unspecified atom stereocenters. The molecule has 1 atom stereocenters. The van der Waals surface area contributed by atoms with Gasteiger partial charge in [-0.2, -0.15) is 0 Å². The Morgan fingerprint density at radius 1 is 1.28 bits per heavy atom. The highest BCUT2D eigenvalue weighted by atomic mass is 19.1. The average Bonchev–Trinajstić information content (AvgIpc) is 2.84. The molecule has 0 saturated heterocycles. The molecular weight excluding hydrogens is 375 g/mol. The number of methoxy groups -OCH3 is 1. The fourth-order valence-electron chi connectivity index (χ4n) is 3.28. The van der Waals surface area contributed by atoms with E-state index in [-0.39, 0.29) is 24.2 Å². The second-order valence-electron chi connectivity index (χ2n) is 6.95. The smallest absolute Gasteiger partial charge is 0.263 e. The molecule has 0 saturated carbocycles. The van der Waals surface area contributed by atoms with Crippen LogP contribution >= 0.6 is 0 Å². The monoisotopic (exact) mass is 400 g/mol. The van der Waals surface area contributed by atoms with E-state index >= 15 is 0 Å². The van der Waals surface area contributed by atoms with E-state index in [1.807, 2.05) is 13.0 Å². The summed E-state index contributed by atoms with van der Waals surface area (Å²) in [6.45, 7) is 2.74. The zero-order valence-electron chi connectivity index (χ0n) is 16.6. The molecule has 0 spiro atoms. The van der Waals surface area contributed by atoms with Crippen LogP contribution in [0.3, 0.4) is 0 Å². The molecule has 1 N–H and O–H groups in total. The molecule has 154 valence electrons. The van der Waals surface area contributed by atoms with Crippen molar-refractivity contribution in [3.05, 3.63) is 59.4 Å². The quantitative estimate of drug-likeness (QED) is 0.775. The highest BCUT2D eigenvalue weighted by Gasteiger charge is 2.29. The Balaban J connectivity index is 1.78. The predicted octanol–water partition coefficient (Wildman–Crippen LogP) is 3.15. The molecule has 0 aromatic heterocycles. The minimum atomic E-state index is -0.557. The van der Waals surface area contributed by atoms with Crippen LogP contribution in [0.4, 0.5) is 10.1 Å². The second kappa shape index (κ2) is 9.52. The Morgan fingerprint density at radius 2 is 2.03 bits per heavy atom. The molecule has 6 nitrogen and oxygen atoms in total. The number of carbonyl (C=O) groups is 2. The van der Waals surface area contributed by atoms with Crippen molar-refractivity contribution in [3.8, 4) is 5.75 Å². The number of anilines is 1. The van der Waals surface area contributed by atoms with Gasteiger partial charge < -0.3 is 19.7 Å². The summed E-state index contributed by atoms with van der Waals surface area (Å²) < 4.78 is 23.9. The fourth-order valence-corrected chi connectivity index (χ4v) is 3.28. The van der Waals surface area contributed by atoms with Crippen molar-refractivity contribution in [3.63, 3.8) is 0 Å². The average molecular weight is 400 g/mol. The minimum Gasteiger partial charge on any atom is -0.480 e. The number of nitrogens with one attached hydrogen (secondary N) is 1. The zero-order valence-corrected chi connectivity index (χ0v) is 16.6. The Bertz CT molecular complexity index is 870. The van der Waals surface area contributed by atoms with E-state index < -0.39 is 6.10 Å². The van der Waals surface area contributed by atoms with Crippen molar-refractivity contribution in [1.29, 1.82) is 0 Å². The lowest BCUT2D eigenvalue weighted by atomic mass is 10.1. The number of benzene rings is 2. The summed E-state index contributed by atoms with van der Waals surface area (Å²) in [5, 5.41) is 2.77. The van der Waals surface area contributed by atoms with Crippen molar-refractivity contribution >= 4 is 17.5 Å². The van der Waals surface area contributed by atoms with Crippen LogP contribution in [0.2, 0.25) is 0 Å². The molecule has 0 bridgehead atoms. The molecule has 7 heteroatoms. The van der Waals surface area contributed by atoms with Crippen molar-refractivity contribution in [2.24, 2.45) is 0 Å². The second-order valence-corrected chi connectivity index (χ2v) is 6.95. The van der Waals surface area contributed by atoms with Crippen molar-refractivity contribution < 1.29 is 23.5 Å². The number of amides is 2. The van der Waals surface area contributed by atoms with Gasteiger partial charge in [-0.05, 0) is 48.7 Å². The van der Waals surface area contributed by atoms with Gasteiger partial charge in [0.15, 0.2) is 6.10 Å². The standard InChI is InChI=1S/C22H25FN2O4/c1-3-19-22(27)25(11-10-15-4-6-17(23)7-5-15)13-16-12-18(8-9-20(16)29-19)24-21(26)14-28-2/h4-9,12,19H,3,10-11,13-14H2,1-2H3,(H,24,26). The maximum atomic E-state index is 13.1. The van der Waals surface area contributed by atoms with E-state index in [1.54, 1.807) is 29.2 Å². The Hall–Kier alpha value is -2.93. The van der Waals surface area contributed by atoms with Gasteiger partial charge in [0.05, 0.1) is 0 Å². The lowest BCUT2D eigenvalue weighted by Crippen LogP contribution is -2.40. The zero-order chi connectivity index (χ0) is 20.8. The SMILES string of the molecule is CCC1Oc2ccc(NC(=O)COC)cc2CN(CCc2ccc(F)cc2)C1=O. The maximum Gasteiger partial charge on any atom is 0.263 e. The van der Waals surface area contributed by atoms with Gasteiger partial charge in [-0.3, -0.25) is 9.59 Å². The first-order valence-electron chi connectivity index (χ1n) is 9.61. The Morgan fingerprint density at radius 3 is 2.72 bits per heavy atom. The molecule has 3 rings (SSSR count). The summed E-state index contributed by atoms with van der Waals surface area (Å²) >= 11 is 0. The molecule has 0 aliphatic carbocycles. The summed E-state index contributed by atoms with van der Waals surface area (Å²) in [6.07, 6.45) is 0.609. The molecule has 1 aliphatic rings. The van der Waals surface area contributed by atoms with Gasteiger partial charge >= 0.3 is 0 Å². The van der Waals surface area contributed by atoms with Crippen LogP contribution in [0.1, 0.15) is 24.5 Å². The van der Waals surface area contributed by atoms with Crippen molar-refractivity contribution in [2.75, 3.05) is 25.6 Å². The number of hydrogen-bond donors (Lipinski definition) is 1. The molecule has 29 heavy (non-hydrogen) atoms. The van der Waals surface area contributed by atoms with E-state index in [0.29, 0.717) is 37.4 Å². The summed E-state index contributed by atoms with van der Waals surface area (Å²) in [4.78, 5) is 26.5. The lowest BCUT2D eigenvalue weighted by Gasteiger charge is -2.23. The fraction of sp³-hybridized carbons (Fsp3) is 0.364. The first-order valence-corrected chi connectivity index (χ1v) is 9.61. The Labute approximate surface area is 169 Å². The van der Waals surface area contributed by atoms with Gasteiger partial charge in [-0.1, -0.05) is 19.1 Å². The molecule has 2 aromatic rings. The van der Waals surface area contributed by atoms with Gasteiger partial charge in [-0.25, -0.2) is 4.39 Å². The van der Waals surface area contributed by atoms with E-state index in [0.717, 1.165) is 11.1 Å². The third kappa shape index (κ3) is 5.32. The van der Waals surface area contributed by atoms with E-state index in [9.17, 15) is 14.0 Å². The van der Waals surface area contributed by atoms with Crippen LogP contribution in [0.5, 0.6) is 5.75 Å². The molecule has 0 radical (unpaired) electrons. The molecule has 2 amide bonds. The number of carbonyl (C=O) groups excluding carboxylic acids is 2. The highest BCUT2D eigenvalue weighted by molar-refractivity contribution is 5.92. The van der Waals surface area contributed by atoms with Crippen LogP contribution in [0.15, 0.2) is 42.5 Å². The third-order valence-electron chi connectivity index (χ3n) is 4.79. The van der Waals surface area contributed by atoms with Gasteiger partial charge in [0, 0.05) is 31.5 Å². The largest absolute Gasteiger partial charge is 0.480 e. The molecule has 0 fully saturated rings. The van der Waals surface area contributed by atoms with Crippen LogP contribution < -0.4 is 10.1 Å². The van der Waals surface area contributed by atoms with Crippen molar-refractivity contribution in [2.45, 2.75) is 32.4 Å². The van der Waals surface area contributed by atoms with Gasteiger partial charge in [-0.15, -0.1) is 0 Å². The number of halogens is 1. The highest BCUT2D eigenvalue weighted by Crippen LogP contribution is 2.29.